The molecule has 2 aromatic heterocycles. The summed E-state index contributed by atoms with van der Waals surface area (Å²) in [6, 6.07) is 3.55. The van der Waals surface area contributed by atoms with E-state index in [1.54, 1.807) is 4.90 Å². The summed E-state index contributed by atoms with van der Waals surface area (Å²) < 4.78 is 44.2. The highest BCUT2D eigenvalue weighted by Gasteiger charge is 2.63. The average Bonchev–Trinajstić information content (AvgIpc) is 3.39. The zero-order chi connectivity index (χ0) is 22.9. The Kier molecular flexibility index (Phi) is 4.35. The van der Waals surface area contributed by atoms with Crippen LogP contribution in [0.2, 0.25) is 0 Å². The van der Waals surface area contributed by atoms with Gasteiger partial charge in [-0.3, -0.25) is 9.36 Å². The third kappa shape index (κ3) is 2.75. The van der Waals surface area contributed by atoms with E-state index in [1.807, 2.05) is 6.92 Å². The Morgan fingerprint density at radius 2 is 2.03 bits per heavy atom. The smallest absolute Gasteiger partial charge is 0.341 e. The van der Waals surface area contributed by atoms with Gasteiger partial charge in [0.25, 0.3) is 0 Å². The summed E-state index contributed by atoms with van der Waals surface area (Å²) in [5, 5.41) is 9.11. The van der Waals surface area contributed by atoms with Gasteiger partial charge in [0.1, 0.15) is 17.2 Å². The Balaban J connectivity index is 1.77. The number of aromatic carboxylic acids is 1. The second kappa shape index (κ2) is 6.80. The predicted molar refractivity (Wildman–Crippen MR) is 111 cm³/mol. The van der Waals surface area contributed by atoms with E-state index in [-0.39, 0.29) is 34.0 Å². The number of nitrogens with zero attached hydrogens (tertiary/aromatic N) is 3. The number of nitrogens with two attached hydrogens (primary N) is 1. The standard InChI is InChI=1S/C22H19F3N4O3/c1-10-22(9-26)6-11(22)7-28(10)20-16(25)5-13-18(30)14(21(31)32)8-29(19(13)27-20)17-3-2-12(23)4-15(17)24/h2-5,8,10-11H,6-7,9,26H2,1H3,(H,31,32)/t10-,11-,22-/m1/s1. The number of pyridine rings is 2. The molecule has 1 aromatic carbocycles. The second-order valence-electron chi connectivity index (χ2n) is 8.47. The molecule has 0 bridgehead atoms. The molecule has 0 spiro atoms. The lowest BCUT2D eigenvalue weighted by Gasteiger charge is -2.30. The van der Waals surface area contributed by atoms with Gasteiger partial charge in [-0.25, -0.2) is 22.9 Å². The van der Waals surface area contributed by atoms with E-state index >= 15 is 4.39 Å². The van der Waals surface area contributed by atoms with Gasteiger partial charge in [0.2, 0.25) is 5.43 Å². The molecule has 3 aromatic rings. The SMILES string of the molecule is C[C@H]1N(c2nc3c(cc2F)c(=O)c(C(=O)O)cn3-c2ccc(F)cc2F)C[C@H]2C[C@]21CN. The highest BCUT2D eigenvalue weighted by atomic mass is 19.1. The van der Waals surface area contributed by atoms with Crippen molar-refractivity contribution in [1.29, 1.82) is 0 Å². The Morgan fingerprint density at radius 3 is 2.66 bits per heavy atom. The van der Waals surface area contributed by atoms with Crippen LogP contribution in [0.1, 0.15) is 23.7 Å². The Morgan fingerprint density at radius 1 is 1.28 bits per heavy atom. The van der Waals surface area contributed by atoms with E-state index in [0.717, 1.165) is 35.4 Å². The minimum absolute atomic E-state index is 0.0243. The summed E-state index contributed by atoms with van der Waals surface area (Å²) in [6.07, 6.45) is 1.87. The molecule has 0 radical (unpaired) electrons. The first-order chi connectivity index (χ1) is 15.2. The molecule has 32 heavy (non-hydrogen) atoms. The van der Waals surface area contributed by atoms with Gasteiger partial charge >= 0.3 is 5.97 Å². The van der Waals surface area contributed by atoms with Gasteiger partial charge in [-0.05, 0) is 37.5 Å². The van der Waals surface area contributed by atoms with Gasteiger partial charge in [0, 0.05) is 36.8 Å². The second-order valence-corrected chi connectivity index (χ2v) is 8.47. The van der Waals surface area contributed by atoms with Gasteiger partial charge in [-0.2, -0.15) is 0 Å². The number of halogens is 3. The van der Waals surface area contributed by atoms with Gasteiger partial charge in [0.15, 0.2) is 17.3 Å². The fourth-order valence-corrected chi connectivity index (χ4v) is 4.98. The molecule has 1 saturated carbocycles. The molecule has 5 rings (SSSR count). The fraction of sp³-hybridized carbons (Fsp3) is 0.318. The van der Waals surface area contributed by atoms with Gasteiger partial charge in [-0.15, -0.1) is 0 Å². The van der Waals surface area contributed by atoms with Crippen molar-refractivity contribution < 1.29 is 23.1 Å². The molecule has 3 heterocycles. The molecule has 7 nitrogen and oxygen atoms in total. The third-order valence-corrected chi connectivity index (χ3v) is 6.96. The zero-order valence-corrected chi connectivity index (χ0v) is 17.0. The molecule has 2 fully saturated rings. The van der Waals surface area contributed by atoms with E-state index in [4.69, 9.17) is 5.73 Å². The molecule has 1 aliphatic heterocycles. The van der Waals surface area contributed by atoms with E-state index in [9.17, 15) is 23.5 Å². The lowest BCUT2D eigenvalue weighted by molar-refractivity contribution is 0.0695. The maximum atomic E-state index is 15.1. The maximum absolute atomic E-state index is 15.1. The molecule has 166 valence electrons. The zero-order valence-electron chi connectivity index (χ0n) is 17.0. The van der Waals surface area contributed by atoms with E-state index in [0.29, 0.717) is 25.1 Å². The van der Waals surface area contributed by atoms with Crippen LogP contribution in [0.3, 0.4) is 0 Å². The molecular weight excluding hydrogens is 425 g/mol. The molecule has 0 unspecified atom stereocenters. The Bertz CT molecular complexity index is 1350. The predicted octanol–water partition coefficient (Wildman–Crippen LogP) is 2.67. The molecule has 0 amide bonds. The van der Waals surface area contributed by atoms with Gasteiger partial charge < -0.3 is 15.7 Å². The summed E-state index contributed by atoms with van der Waals surface area (Å²) in [5.41, 5.74) is 3.85. The van der Waals surface area contributed by atoms with Crippen LogP contribution in [-0.4, -0.2) is 39.8 Å². The first kappa shape index (κ1) is 20.5. The number of rotatable bonds is 4. The van der Waals surface area contributed by atoms with Gasteiger partial charge in [-0.1, -0.05) is 0 Å². The maximum Gasteiger partial charge on any atom is 0.341 e. The molecule has 1 saturated heterocycles. The number of hydrogen-bond acceptors (Lipinski definition) is 5. The van der Waals surface area contributed by atoms with Crippen molar-refractivity contribution in [3.63, 3.8) is 0 Å². The number of aromatic nitrogens is 2. The van der Waals surface area contributed by atoms with Crippen molar-refractivity contribution in [1.82, 2.24) is 9.55 Å². The minimum atomic E-state index is -1.56. The first-order valence-corrected chi connectivity index (χ1v) is 10.1. The number of piperidine rings is 1. The topological polar surface area (TPSA) is 101 Å². The quantitative estimate of drug-likeness (QED) is 0.642. The van der Waals surface area contributed by atoms with Crippen molar-refractivity contribution in [2.75, 3.05) is 18.0 Å². The molecular formula is C22H19F3N4O3. The van der Waals surface area contributed by atoms with Crippen molar-refractivity contribution in [2.24, 2.45) is 17.1 Å². The summed E-state index contributed by atoms with van der Waals surface area (Å²) in [4.78, 5) is 30.4. The van der Waals surface area contributed by atoms with Crippen LogP contribution in [0.4, 0.5) is 19.0 Å². The minimum Gasteiger partial charge on any atom is -0.477 e. The van der Waals surface area contributed by atoms with Crippen LogP contribution < -0.4 is 16.1 Å². The van der Waals surface area contributed by atoms with Crippen LogP contribution in [0.5, 0.6) is 0 Å². The average molecular weight is 444 g/mol. The highest BCUT2D eigenvalue weighted by Crippen LogP contribution is 2.61. The van der Waals surface area contributed by atoms with Crippen molar-refractivity contribution in [2.45, 2.75) is 19.4 Å². The first-order valence-electron chi connectivity index (χ1n) is 10.1. The lowest BCUT2D eigenvalue weighted by Crippen LogP contribution is -2.38. The van der Waals surface area contributed by atoms with Crippen LogP contribution in [0, 0.1) is 28.8 Å². The number of fused-ring (bicyclic) bond motifs is 2. The largest absolute Gasteiger partial charge is 0.477 e. The number of hydrogen-bond donors (Lipinski definition) is 2. The van der Waals surface area contributed by atoms with Crippen molar-refractivity contribution in [3.05, 3.63) is 63.7 Å². The van der Waals surface area contributed by atoms with E-state index < -0.39 is 34.4 Å². The van der Waals surface area contributed by atoms with Crippen LogP contribution in [-0.2, 0) is 0 Å². The normalized spacial score (nSPS) is 24.1. The summed E-state index contributed by atoms with van der Waals surface area (Å²) in [5.74, 6) is -3.88. The third-order valence-electron chi connectivity index (χ3n) is 6.96. The number of carboxylic acids is 1. The highest BCUT2D eigenvalue weighted by molar-refractivity contribution is 5.92. The monoisotopic (exact) mass is 444 g/mol. The number of carboxylic acid groups (broad SMARTS) is 1. The molecule has 3 atom stereocenters. The van der Waals surface area contributed by atoms with E-state index in [1.165, 1.54) is 0 Å². The molecule has 3 N–H and O–H groups in total. The molecule has 2 aliphatic rings. The Labute approximate surface area is 179 Å². The summed E-state index contributed by atoms with van der Waals surface area (Å²) >= 11 is 0. The van der Waals surface area contributed by atoms with Crippen LogP contribution in [0.25, 0.3) is 16.7 Å². The molecule has 10 heteroatoms. The number of anilines is 1. The number of benzene rings is 1. The van der Waals surface area contributed by atoms with Crippen molar-refractivity contribution in [3.8, 4) is 5.69 Å². The van der Waals surface area contributed by atoms with Crippen LogP contribution >= 0.6 is 0 Å². The van der Waals surface area contributed by atoms with E-state index in [2.05, 4.69) is 4.98 Å². The summed E-state index contributed by atoms with van der Waals surface area (Å²) in [6.45, 7) is 2.93. The summed E-state index contributed by atoms with van der Waals surface area (Å²) in [7, 11) is 0. The van der Waals surface area contributed by atoms with Crippen molar-refractivity contribution >= 4 is 22.8 Å². The number of carbonyl (C=O) groups is 1. The van der Waals surface area contributed by atoms with Gasteiger partial charge in [0.05, 0.1) is 11.1 Å². The fourth-order valence-electron chi connectivity index (χ4n) is 4.98. The molecule has 1 aliphatic carbocycles. The lowest BCUT2D eigenvalue weighted by atomic mass is 9.98. The Hall–Kier alpha value is -3.40. The van der Waals surface area contributed by atoms with Crippen LogP contribution in [0.15, 0.2) is 35.3 Å².